The van der Waals surface area contributed by atoms with Gasteiger partial charge in [0, 0.05) is 34.3 Å². The van der Waals surface area contributed by atoms with Gasteiger partial charge in [0.2, 0.25) is 5.89 Å². The van der Waals surface area contributed by atoms with E-state index in [9.17, 15) is 10.1 Å². The first-order chi connectivity index (χ1) is 9.74. The van der Waals surface area contributed by atoms with E-state index in [4.69, 9.17) is 4.42 Å². The molecule has 1 aromatic carbocycles. The summed E-state index contributed by atoms with van der Waals surface area (Å²) in [7, 11) is 0. The zero-order chi connectivity index (χ0) is 15.6. The maximum atomic E-state index is 10.9. The Bertz CT molecular complexity index is 662. The third-order valence-corrected chi connectivity index (χ3v) is 3.15. The quantitative estimate of drug-likeness (QED) is 0.665. The normalized spacial score (nSPS) is 11.6. The monoisotopic (exact) mass is 353 g/mol. The number of non-ortho nitro benzene ring substituents is 1. The van der Waals surface area contributed by atoms with Crippen LogP contribution < -0.4 is 5.32 Å². The molecule has 0 spiro atoms. The van der Waals surface area contributed by atoms with E-state index in [1.807, 2.05) is 0 Å². The minimum absolute atomic E-state index is 0.00746. The van der Waals surface area contributed by atoms with E-state index in [2.05, 4.69) is 47.0 Å². The lowest BCUT2D eigenvalue weighted by atomic mass is 10.1. The van der Waals surface area contributed by atoms with Gasteiger partial charge in [-0.3, -0.25) is 10.1 Å². The van der Waals surface area contributed by atoms with Gasteiger partial charge in [-0.05, 0) is 26.8 Å². The van der Waals surface area contributed by atoms with Crippen molar-refractivity contribution in [3.05, 3.63) is 44.7 Å². The van der Waals surface area contributed by atoms with Crippen molar-refractivity contribution >= 4 is 21.6 Å². The molecule has 21 heavy (non-hydrogen) atoms. The second kappa shape index (κ2) is 5.95. The number of nitrogens with zero attached hydrogens (tertiary/aromatic N) is 2. The van der Waals surface area contributed by atoms with Crippen molar-refractivity contribution in [3.63, 3.8) is 0 Å². The molecule has 0 bridgehead atoms. The Labute approximate surface area is 130 Å². The number of benzene rings is 1. The second-order valence-electron chi connectivity index (χ2n) is 5.70. The molecule has 112 valence electrons. The number of hydrogen-bond acceptors (Lipinski definition) is 5. The van der Waals surface area contributed by atoms with Crippen molar-refractivity contribution in [1.82, 2.24) is 10.3 Å². The molecule has 0 saturated carbocycles. The number of hydrogen-bond donors (Lipinski definition) is 1. The molecular weight excluding hydrogens is 338 g/mol. The van der Waals surface area contributed by atoms with Crippen molar-refractivity contribution in [3.8, 4) is 11.5 Å². The first-order valence-electron chi connectivity index (χ1n) is 6.39. The maximum Gasteiger partial charge on any atom is 0.271 e. The highest BCUT2D eigenvalue weighted by molar-refractivity contribution is 9.10. The van der Waals surface area contributed by atoms with Gasteiger partial charge in [0.1, 0.15) is 6.26 Å². The molecule has 0 saturated heterocycles. The Kier molecular flexibility index (Phi) is 4.43. The number of nitrogens with one attached hydrogen (secondary N) is 1. The fourth-order valence-corrected chi connectivity index (χ4v) is 2.16. The summed E-state index contributed by atoms with van der Waals surface area (Å²) in [6.07, 6.45) is 1.56. The highest BCUT2D eigenvalue weighted by atomic mass is 79.9. The molecular formula is C14H16BrN3O3. The Balaban J connectivity index is 2.23. The topological polar surface area (TPSA) is 81.2 Å². The molecule has 0 aliphatic heterocycles. The van der Waals surface area contributed by atoms with Crippen LogP contribution in [0.2, 0.25) is 0 Å². The van der Waals surface area contributed by atoms with Crippen LogP contribution in [0.3, 0.4) is 0 Å². The van der Waals surface area contributed by atoms with Crippen LogP contribution in [0.4, 0.5) is 5.69 Å². The average molecular weight is 354 g/mol. The highest BCUT2D eigenvalue weighted by Gasteiger charge is 2.15. The van der Waals surface area contributed by atoms with Gasteiger partial charge in [-0.2, -0.15) is 0 Å². The van der Waals surface area contributed by atoms with Crippen LogP contribution in [-0.4, -0.2) is 15.4 Å². The van der Waals surface area contributed by atoms with E-state index in [-0.39, 0.29) is 11.2 Å². The van der Waals surface area contributed by atoms with Crippen molar-refractivity contribution in [2.45, 2.75) is 32.9 Å². The lowest BCUT2D eigenvalue weighted by molar-refractivity contribution is -0.384. The lowest BCUT2D eigenvalue weighted by Crippen LogP contribution is -2.35. The standard InChI is InChI=1S/C14H16BrN3O3/c1-14(2,3)16-7-11-8-21-13(17-11)9-4-10(15)6-12(5-9)18(19)20/h4-6,8,16H,7H2,1-3H3. The third kappa shape index (κ3) is 4.37. The molecule has 0 amide bonds. The number of oxazole rings is 1. The van der Waals surface area contributed by atoms with E-state index in [1.165, 1.54) is 12.1 Å². The number of halogens is 1. The van der Waals surface area contributed by atoms with Crippen LogP contribution >= 0.6 is 15.9 Å². The number of rotatable bonds is 4. The number of nitro benzene ring substituents is 1. The van der Waals surface area contributed by atoms with E-state index in [0.717, 1.165) is 5.69 Å². The number of aromatic nitrogens is 1. The molecule has 1 heterocycles. The molecule has 0 atom stereocenters. The largest absolute Gasteiger partial charge is 0.444 e. The van der Waals surface area contributed by atoms with Crippen LogP contribution in [-0.2, 0) is 6.54 Å². The van der Waals surface area contributed by atoms with Crippen molar-refractivity contribution in [2.24, 2.45) is 0 Å². The van der Waals surface area contributed by atoms with Crippen molar-refractivity contribution in [1.29, 1.82) is 0 Å². The summed E-state index contributed by atoms with van der Waals surface area (Å²) in [5, 5.41) is 14.2. The zero-order valence-corrected chi connectivity index (χ0v) is 13.6. The van der Waals surface area contributed by atoms with Gasteiger partial charge in [0.05, 0.1) is 10.6 Å². The van der Waals surface area contributed by atoms with E-state index >= 15 is 0 Å². The van der Waals surface area contributed by atoms with Crippen LogP contribution in [0, 0.1) is 10.1 Å². The van der Waals surface area contributed by atoms with Crippen LogP contribution in [0.15, 0.2) is 33.4 Å². The van der Waals surface area contributed by atoms with Crippen LogP contribution in [0.1, 0.15) is 26.5 Å². The fraction of sp³-hybridized carbons (Fsp3) is 0.357. The van der Waals surface area contributed by atoms with Gasteiger partial charge in [0.15, 0.2) is 0 Å². The molecule has 2 rings (SSSR count). The molecule has 2 aromatic rings. The molecule has 1 aromatic heterocycles. The molecule has 0 unspecified atom stereocenters. The Morgan fingerprint density at radius 3 is 2.71 bits per heavy atom. The van der Waals surface area contributed by atoms with E-state index in [0.29, 0.717) is 22.5 Å². The zero-order valence-electron chi connectivity index (χ0n) is 12.0. The van der Waals surface area contributed by atoms with Crippen molar-refractivity contribution < 1.29 is 9.34 Å². The molecule has 1 N–H and O–H groups in total. The first-order valence-corrected chi connectivity index (χ1v) is 7.19. The summed E-state index contributed by atoms with van der Waals surface area (Å²) in [4.78, 5) is 14.8. The Hall–Kier alpha value is -1.73. The van der Waals surface area contributed by atoms with Gasteiger partial charge in [-0.1, -0.05) is 15.9 Å². The first kappa shape index (κ1) is 15.7. The second-order valence-corrected chi connectivity index (χ2v) is 6.62. The Morgan fingerprint density at radius 1 is 1.38 bits per heavy atom. The Morgan fingerprint density at radius 2 is 2.10 bits per heavy atom. The summed E-state index contributed by atoms with van der Waals surface area (Å²) in [6.45, 7) is 6.76. The maximum absolute atomic E-state index is 10.9. The predicted octanol–water partition coefficient (Wildman–Crippen LogP) is 3.90. The van der Waals surface area contributed by atoms with Crippen LogP contribution in [0.25, 0.3) is 11.5 Å². The summed E-state index contributed by atoms with van der Waals surface area (Å²) in [6, 6.07) is 4.62. The average Bonchev–Trinajstić information content (AvgIpc) is 2.83. The minimum Gasteiger partial charge on any atom is -0.444 e. The summed E-state index contributed by atoms with van der Waals surface area (Å²) in [5.74, 6) is 0.366. The van der Waals surface area contributed by atoms with E-state index < -0.39 is 4.92 Å². The van der Waals surface area contributed by atoms with Crippen LogP contribution in [0.5, 0.6) is 0 Å². The van der Waals surface area contributed by atoms with Gasteiger partial charge in [0.25, 0.3) is 5.69 Å². The van der Waals surface area contributed by atoms with Gasteiger partial charge >= 0.3 is 0 Å². The summed E-state index contributed by atoms with van der Waals surface area (Å²) in [5.41, 5.74) is 1.29. The molecule has 7 heteroatoms. The minimum atomic E-state index is -0.445. The molecule has 0 aliphatic rings. The molecule has 6 nitrogen and oxygen atoms in total. The third-order valence-electron chi connectivity index (χ3n) is 2.69. The fourth-order valence-electron chi connectivity index (χ4n) is 1.68. The summed E-state index contributed by atoms with van der Waals surface area (Å²) < 4.78 is 6.02. The number of nitro groups is 1. The highest BCUT2D eigenvalue weighted by Crippen LogP contribution is 2.28. The summed E-state index contributed by atoms with van der Waals surface area (Å²) >= 11 is 3.26. The van der Waals surface area contributed by atoms with Crippen molar-refractivity contribution in [2.75, 3.05) is 0 Å². The predicted molar refractivity (Wildman–Crippen MR) is 82.9 cm³/mol. The molecule has 0 fully saturated rings. The van der Waals surface area contributed by atoms with Gasteiger partial charge in [-0.25, -0.2) is 4.98 Å². The SMILES string of the molecule is CC(C)(C)NCc1coc(-c2cc(Br)cc([N+](=O)[O-])c2)n1. The lowest BCUT2D eigenvalue weighted by Gasteiger charge is -2.19. The van der Waals surface area contributed by atoms with E-state index in [1.54, 1.807) is 12.3 Å². The van der Waals surface area contributed by atoms with Gasteiger partial charge in [-0.15, -0.1) is 0 Å². The molecule has 0 radical (unpaired) electrons. The van der Waals surface area contributed by atoms with Gasteiger partial charge < -0.3 is 9.73 Å². The molecule has 0 aliphatic carbocycles. The smallest absolute Gasteiger partial charge is 0.271 e.